The van der Waals surface area contributed by atoms with Gasteiger partial charge in [0, 0.05) is 10.9 Å². The number of hydrazine groups is 1. The summed E-state index contributed by atoms with van der Waals surface area (Å²) in [5.41, 5.74) is 5.94. The molecule has 0 saturated heterocycles. The van der Waals surface area contributed by atoms with Crippen molar-refractivity contribution in [1.29, 1.82) is 0 Å². The normalized spacial score (nSPS) is 11.1. The van der Waals surface area contributed by atoms with E-state index in [-0.39, 0.29) is 11.5 Å². The van der Waals surface area contributed by atoms with Crippen LogP contribution in [0, 0.1) is 6.92 Å². The maximum Gasteiger partial charge on any atom is 0.305 e. The Morgan fingerprint density at radius 1 is 1.03 bits per heavy atom. The van der Waals surface area contributed by atoms with Crippen molar-refractivity contribution in [2.45, 2.75) is 27.3 Å². The lowest BCUT2D eigenvalue weighted by atomic mass is 10.1. The predicted octanol–water partition coefficient (Wildman–Crippen LogP) is 3.26. The summed E-state index contributed by atoms with van der Waals surface area (Å²) in [6.45, 7) is 8.29. The van der Waals surface area contributed by atoms with E-state index in [1.165, 1.54) is 0 Å². The third-order valence-electron chi connectivity index (χ3n) is 4.80. The minimum Gasteiger partial charge on any atom is -0.497 e. The van der Waals surface area contributed by atoms with Crippen LogP contribution >= 0.6 is 0 Å². The van der Waals surface area contributed by atoms with E-state index in [1.54, 1.807) is 44.4 Å². The van der Waals surface area contributed by atoms with Crippen LogP contribution < -0.4 is 15.6 Å². The van der Waals surface area contributed by atoms with Gasteiger partial charge < -0.3 is 13.6 Å². The van der Waals surface area contributed by atoms with Gasteiger partial charge in [-0.05, 0) is 50.3 Å². The van der Waals surface area contributed by atoms with Crippen LogP contribution in [0.2, 0.25) is 0 Å². The summed E-state index contributed by atoms with van der Waals surface area (Å²) in [6, 6.07) is 8.62. The summed E-state index contributed by atoms with van der Waals surface area (Å²) < 4.78 is 16.4. The molecule has 0 aliphatic rings. The number of fused-ring (bicyclic) bond motifs is 1. The summed E-state index contributed by atoms with van der Waals surface area (Å²) in [7, 11) is 1.57. The molecule has 1 aromatic carbocycles. The summed E-state index contributed by atoms with van der Waals surface area (Å²) in [5, 5.41) is 0.771. The van der Waals surface area contributed by atoms with Gasteiger partial charge in [0.1, 0.15) is 17.1 Å². The van der Waals surface area contributed by atoms with Crippen molar-refractivity contribution in [3.05, 3.63) is 53.2 Å². The van der Waals surface area contributed by atoms with Crippen molar-refractivity contribution in [2.24, 2.45) is 0 Å². The van der Waals surface area contributed by atoms with Crippen molar-refractivity contribution in [2.75, 3.05) is 20.2 Å². The Labute approximate surface area is 168 Å². The summed E-state index contributed by atoms with van der Waals surface area (Å²) in [4.78, 5) is 26.9. The number of rotatable bonds is 7. The first-order valence-electron chi connectivity index (χ1n) is 9.45. The maximum absolute atomic E-state index is 12.5. The second kappa shape index (κ2) is 8.83. The molecule has 0 aliphatic heterocycles. The average Bonchev–Trinajstić information content (AvgIpc) is 3.34. The molecule has 0 spiro atoms. The molecule has 0 unspecified atom stereocenters. The highest BCUT2D eigenvalue weighted by Crippen LogP contribution is 2.28. The largest absolute Gasteiger partial charge is 0.497 e. The van der Waals surface area contributed by atoms with E-state index >= 15 is 0 Å². The van der Waals surface area contributed by atoms with Crippen LogP contribution in [0.25, 0.3) is 11.0 Å². The van der Waals surface area contributed by atoms with Crippen LogP contribution in [0.1, 0.15) is 46.3 Å². The number of amides is 2. The zero-order valence-electron chi connectivity index (χ0n) is 17.0. The molecule has 0 atom stereocenters. The number of nitrogens with one attached hydrogen (secondary N) is 2. The highest BCUT2D eigenvalue weighted by Gasteiger charge is 2.20. The highest BCUT2D eigenvalue weighted by molar-refractivity contribution is 6.01. The van der Waals surface area contributed by atoms with Gasteiger partial charge in [0.15, 0.2) is 11.5 Å². The lowest BCUT2D eigenvalue weighted by molar-refractivity contribution is 0.0816. The smallest absolute Gasteiger partial charge is 0.305 e. The van der Waals surface area contributed by atoms with Crippen molar-refractivity contribution in [3.63, 3.8) is 0 Å². The first kappa shape index (κ1) is 20.5. The van der Waals surface area contributed by atoms with E-state index in [9.17, 15) is 9.59 Å². The first-order chi connectivity index (χ1) is 14.0. The number of nitrogens with zero attached hydrogens (tertiary/aromatic N) is 1. The van der Waals surface area contributed by atoms with Crippen LogP contribution in [0.5, 0.6) is 5.75 Å². The SMILES string of the molecule is CCN(CC)Cc1ccc(C(=O)NNC(=O)c2oc3ccc(OC)cc3c2C)o1. The van der Waals surface area contributed by atoms with E-state index in [2.05, 4.69) is 29.6 Å². The average molecular weight is 399 g/mol. The number of carbonyl (C=O) groups is 2. The Hall–Kier alpha value is -3.26. The monoisotopic (exact) mass is 399 g/mol. The number of ether oxygens (including phenoxy) is 1. The van der Waals surface area contributed by atoms with Gasteiger partial charge in [-0.2, -0.15) is 0 Å². The minimum atomic E-state index is -0.555. The summed E-state index contributed by atoms with van der Waals surface area (Å²) >= 11 is 0. The summed E-state index contributed by atoms with van der Waals surface area (Å²) in [5.74, 6) is 0.501. The fourth-order valence-electron chi connectivity index (χ4n) is 3.03. The Bertz CT molecular complexity index is 1020. The van der Waals surface area contributed by atoms with Gasteiger partial charge in [0.05, 0.1) is 13.7 Å². The van der Waals surface area contributed by atoms with E-state index in [4.69, 9.17) is 13.6 Å². The number of aryl methyl sites for hydroxylation is 1. The van der Waals surface area contributed by atoms with Crippen LogP contribution in [0.15, 0.2) is 39.2 Å². The number of methoxy groups -OCH3 is 1. The molecule has 2 aromatic heterocycles. The zero-order chi connectivity index (χ0) is 21.0. The lowest BCUT2D eigenvalue weighted by Crippen LogP contribution is -2.41. The molecule has 3 rings (SSSR count). The third kappa shape index (κ3) is 4.43. The quantitative estimate of drug-likeness (QED) is 0.592. The van der Waals surface area contributed by atoms with Crippen LogP contribution in [-0.2, 0) is 6.54 Å². The molecular formula is C21H25N3O5. The second-order valence-corrected chi connectivity index (χ2v) is 6.55. The van der Waals surface area contributed by atoms with Gasteiger partial charge in [-0.25, -0.2) is 0 Å². The minimum absolute atomic E-state index is 0.121. The van der Waals surface area contributed by atoms with Crippen molar-refractivity contribution in [3.8, 4) is 5.75 Å². The van der Waals surface area contributed by atoms with E-state index in [0.29, 0.717) is 29.2 Å². The maximum atomic E-state index is 12.5. The third-order valence-corrected chi connectivity index (χ3v) is 4.80. The number of hydrogen-bond donors (Lipinski definition) is 2. The van der Waals surface area contributed by atoms with Crippen LogP contribution in [0.3, 0.4) is 0 Å². The highest BCUT2D eigenvalue weighted by atomic mass is 16.5. The summed E-state index contributed by atoms with van der Waals surface area (Å²) in [6.07, 6.45) is 0. The van der Waals surface area contributed by atoms with Crippen molar-refractivity contribution >= 4 is 22.8 Å². The van der Waals surface area contributed by atoms with Crippen LogP contribution in [-0.4, -0.2) is 36.9 Å². The van der Waals surface area contributed by atoms with Gasteiger partial charge in [-0.3, -0.25) is 25.3 Å². The van der Waals surface area contributed by atoms with E-state index < -0.39 is 11.8 Å². The molecular weight excluding hydrogens is 374 g/mol. The van der Waals surface area contributed by atoms with Gasteiger partial charge >= 0.3 is 11.8 Å². The van der Waals surface area contributed by atoms with Crippen molar-refractivity contribution < 1.29 is 23.2 Å². The molecule has 2 N–H and O–H groups in total. The molecule has 0 bridgehead atoms. The van der Waals surface area contributed by atoms with E-state index in [0.717, 1.165) is 18.5 Å². The standard InChI is InChI=1S/C21H25N3O5/c1-5-24(6-2)12-15-8-10-18(28-15)20(25)22-23-21(26)19-13(3)16-11-14(27-4)7-9-17(16)29-19/h7-11H,5-6,12H2,1-4H3,(H,22,25)(H,23,26). The topological polar surface area (TPSA) is 97.0 Å². The van der Waals surface area contributed by atoms with Gasteiger partial charge in [0.2, 0.25) is 0 Å². The Balaban J connectivity index is 1.65. The molecule has 8 heteroatoms. The van der Waals surface area contributed by atoms with E-state index in [1.807, 2.05) is 0 Å². The molecule has 0 saturated carbocycles. The number of furan rings is 2. The fourth-order valence-corrected chi connectivity index (χ4v) is 3.03. The Morgan fingerprint density at radius 3 is 2.45 bits per heavy atom. The molecule has 2 amide bonds. The molecule has 2 heterocycles. The van der Waals surface area contributed by atoms with Gasteiger partial charge in [-0.1, -0.05) is 13.8 Å². The van der Waals surface area contributed by atoms with Crippen molar-refractivity contribution in [1.82, 2.24) is 15.8 Å². The van der Waals surface area contributed by atoms with Gasteiger partial charge in [0.25, 0.3) is 0 Å². The molecule has 29 heavy (non-hydrogen) atoms. The predicted molar refractivity (Wildman–Crippen MR) is 108 cm³/mol. The zero-order valence-corrected chi connectivity index (χ0v) is 17.0. The lowest BCUT2D eigenvalue weighted by Gasteiger charge is -2.15. The second-order valence-electron chi connectivity index (χ2n) is 6.55. The molecule has 0 aliphatic carbocycles. The number of benzene rings is 1. The molecule has 8 nitrogen and oxygen atoms in total. The number of carbonyl (C=O) groups excluding carboxylic acids is 2. The van der Waals surface area contributed by atoms with Crippen LogP contribution in [0.4, 0.5) is 0 Å². The molecule has 0 radical (unpaired) electrons. The molecule has 0 fully saturated rings. The number of hydrogen-bond acceptors (Lipinski definition) is 6. The Kier molecular flexibility index (Phi) is 6.23. The molecule has 154 valence electrons. The first-order valence-corrected chi connectivity index (χ1v) is 9.45. The van der Waals surface area contributed by atoms with Gasteiger partial charge in [-0.15, -0.1) is 0 Å². The molecule has 3 aromatic rings. The fraction of sp³-hybridized carbons (Fsp3) is 0.333. The Morgan fingerprint density at radius 2 is 1.76 bits per heavy atom.